The molecule has 4 aliphatic heterocycles. The first-order valence-electron chi connectivity index (χ1n) is 42.2. The highest BCUT2D eigenvalue weighted by Gasteiger charge is 2.54. The molecule has 1 aromatic rings. The molecule has 7 aliphatic rings. The van der Waals surface area contributed by atoms with Crippen LogP contribution < -0.4 is 32.4 Å². The monoisotopic (exact) mass is 1840 g/mol. The fourth-order valence-electron chi connectivity index (χ4n) is 16.2. The molecule has 7 N–H and O–H groups in total. The number of esters is 6. The first-order valence-corrected chi connectivity index (χ1v) is 42.2. The third kappa shape index (κ3) is 25.8. The van der Waals surface area contributed by atoms with Gasteiger partial charge in [0.05, 0.1) is 42.0 Å². The van der Waals surface area contributed by atoms with E-state index in [0.29, 0.717) is 44.1 Å². The Morgan fingerprint density at radius 3 is 1.36 bits per heavy atom. The number of nitro groups is 4. The van der Waals surface area contributed by atoms with Crippen LogP contribution in [0.5, 0.6) is 0 Å². The number of rotatable bonds is 25. The fourth-order valence-corrected chi connectivity index (χ4v) is 16.2. The van der Waals surface area contributed by atoms with E-state index < -0.39 is 329 Å². The summed E-state index contributed by atoms with van der Waals surface area (Å²) in [7, 11) is 5.66. The van der Waals surface area contributed by atoms with Crippen molar-refractivity contribution in [2.45, 2.75) is 226 Å². The summed E-state index contributed by atoms with van der Waals surface area (Å²) in [4.78, 5) is 284. The van der Waals surface area contributed by atoms with E-state index in [1.54, 1.807) is 62.3 Å². The summed E-state index contributed by atoms with van der Waals surface area (Å²) >= 11 is 0. The third-order valence-corrected chi connectivity index (χ3v) is 23.2. The van der Waals surface area contributed by atoms with E-state index in [1.165, 1.54) is 70.9 Å². The number of fused-ring (bicyclic) bond motifs is 4. The SMILES string of the molecule is Cc1c2oc3c(C)ccc(C(=O)NC4C(=O)NC(C(C)C)C(=O)C5CCCC5C(=O)N(C)CC(=O)N(C)C(C(C)C)C(=O)OC4C)c3nc-2c(C(=O)NC2C(=O)NC(C(C)C)C(=O)C3CCCC3C(=O)N(C)CC(=O)N(C)C(C(C)C)C(=O)OC2C)c(N)c1=O.O=C(CC[N+](=O)[O-])OCC1OC(O)C(OC(=O)CC[N+](=O)[O-])C(OC(=O)CC[N+](=O)[O-])C1OC(=O)CC[N+](=O)[O-]. The number of carbonyl (C=O) groups is 16. The number of cyclic esters (lactones) is 2. The minimum atomic E-state index is -2.22. The van der Waals surface area contributed by atoms with Crippen molar-refractivity contribution in [1.29, 1.82) is 0 Å². The molecule has 1 aromatic carbocycles. The van der Waals surface area contributed by atoms with Crippen molar-refractivity contribution in [3.8, 4) is 11.5 Å². The zero-order valence-corrected chi connectivity index (χ0v) is 74.8. The molecular formula is C82H112N14O34. The smallest absolute Gasteiger partial charge is 0.329 e. The Hall–Kier alpha value is -12.9. The molecule has 48 heteroatoms. The number of ketones is 2. The maximum atomic E-state index is 15.2. The Morgan fingerprint density at radius 2 is 0.954 bits per heavy atom. The summed E-state index contributed by atoms with van der Waals surface area (Å²) in [5, 5.41) is 63.5. The number of aryl methyl sites for hydroxylation is 1. The van der Waals surface area contributed by atoms with Gasteiger partial charge in [0.25, 0.3) is 11.8 Å². The number of anilines is 1. The van der Waals surface area contributed by atoms with E-state index in [2.05, 4.69) is 21.3 Å². The number of nitrogens with zero attached hydrogens (tertiary/aromatic N) is 9. The predicted octanol–water partition coefficient (Wildman–Crippen LogP) is 0.364. The van der Waals surface area contributed by atoms with Crippen molar-refractivity contribution in [1.82, 2.24) is 45.9 Å². The molecular weight excluding hydrogens is 1720 g/mol. The number of amides is 8. The van der Waals surface area contributed by atoms with Gasteiger partial charge in [0, 0.05) is 77.1 Å². The van der Waals surface area contributed by atoms with E-state index in [1.807, 2.05) is 0 Å². The van der Waals surface area contributed by atoms with Gasteiger partial charge in [-0.15, -0.1) is 0 Å². The van der Waals surface area contributed by atoms with Crippen LogP contribution >= 0.6 is 0 Å². The van der Waals surface area contributed by atoms with Gasteiger partial charge in [-0.05, 0) is 88.7 Å². The van der Waals surface area contributed by atoms with Crippen LogP contribution in [0.25, 0.3) is 22.6 Å². The Balaban J connectivity index is 0.000000484. The van der Waals surface area contributed by atoms with Crippen LogP contribution in [-0.2, 0) is 100 Å². The summed E-state index contributed by atoms with van der Waals surface area (Å²) in [6.07, 6.45) is -13.8. The van der Waals surface area contributed by atoms with Gasteiger partial charge in [-0.3, -0.25) is 112 Å². The Morgan fingerprint density at radius 1 is 0.562 bits per heavy atom. The number of carbonyl (C=O) groups excluding carboxylic acids is 16. The van der Waals surface area contributed by atoms with Crippen molar-refractivity contribution in [2.75, 3.05) is 79.8 Å². The van der Waals surface area contributed by atoms with Crippen molar-refractivity contribution in [3.63, 3.8) is 0 Å². The van der Waals surface area contributed by atoms with Crippen molar-refractivity contribution >= 4 is 111 Å². The normalized spacial score (nSPS) is 26.0. The van der Waals surface area contributed by atoms with E-state index >= 15 is 9.59 Å². The zero-order chi connectivity index (χ0) is 97.4. The van der Waals surface area contributed by atoms with Gasteiger partial charge in [0.1, 0.15) is 86.0 Å². The molecule has 0 bridgehead atoms. The lowest BCUT2D eigenvalue weighted by Crippen LogP contribution is -2.62. The summed E-state index contributed by atoms with van der Waals surface area (Å²) in [5.41, 5.74) is 3.67. The third-order valence-electron chi connectivity index (χ3n) is 23.2. The van der Waals surface area contributed by atoms with Gasteiger partial charge in [-0.25, -0.2) is 14.6 Å². The van der Waals surface area contributed by atoms with Gasteiger partial charge in [-0.2, -0.15) is 0 Å². The molecule has 48 nitrogen and oxygen atoms in total. The first kappa shape index (κ1) is 104. The Labute approximate surface area is 743 Å². The van der Waals surface area contributed by atoms with E-state index in [-0.39, 0.29) is 33.7 Å². The quantitative estimate of drug-likeness (QED) is 0.0167. The average Bonchev–Trinajstić information content (AvgIpc) is 0.811. The van der Waals surface area contributed by atoms with Crippen LogP contribution in [0.2, 0.25) is 0 Å². The van der Waals surface area contributed by atoms with Crippen LogP contribution in [0.3, 0.4) is 0 Å². The number of likely N-dealkylation sites (N-methyl/N-ethyl adjacent to an activating group) is 4. The molecule has 8 amide bonds. The van der Waals surface area contributed by atoms with Crippen LogP contribution in [-0.4, -0.2) is 297 Å². The standard InChI is InChI=1S/C64H88N10O16.C18H24N4O18/c1-27(2)44-53(78)35-19-17-21-37(35)61(84)71(13)25-40(75)73(15)50(29(5)6)63(86)88-33(11)46(59(82)67-44)69-57(80)39-24-23-31(9)55-48(39)66-49-42(43(65)52(77)32(10)56(49)90-55)58(81)70-47-34(12)89-64(87)51(30(7)8)74(16)41(76)26-72(14)62(85)38-22-18-20-36(38)54(79)45(28(3)4)68-60(47)83;23-11(1-5-19(28)29)36-9-10-15(38-12(24)2-6-20(30)31)16(39-13(25)3-7-21(32)33)17(18(27)37-10)40-14(26)4-8-22(34)35/h23-24,27-30,33-38,44-47,50-51H,17-22,25-26,65H2,1-16H3,(H,67,82)(H,68,83)(H,69,80)(H,70,81);10,15-18,27H,1-9H2. The topological polar surface area (TPSA) is 661 Å². The summed E-state index contributed by atoms with van der Waals surface area (Å²) in [6.45, 7) is 13.8. The molecule has 5 fully saturated rings. The zero-order valence-electron chi connectivity index (χ0n) is 74.8. The number of aliphatic hydroxyl groups is 1. The summed E-state index contributed by atoms with van der Waals surface area (Å²) in [6, 6.07) is -5.71. The van der Waals surface area contributed by atoms with E-state index in [0.717, 1.165) is 9.80 Å². The number of nitrogens with one attached hydrogen (secondary N) is 4. The molecule has 3 saturated heterocycles. The second kappa shape index (κ2) is 45.4. The maximum Gasteiger partial charge on any atom is 0.329 e. The molecule has 714 valence electrons. The molecule has 17 atom stereocenters. The van der Waals surface area contributed by atoms with E-state index in [4.69, 9.17) is 48.3 Å². The van der Waals surface area contributed by atoms with Gasteiger partial charge in [0.2, 0.25) is 67.1 Å². The number of hydrogen-bond acceptors (Lipinski definition) is 36. The van der Waals surface area contributed by atoms with Crippen LogP contribution in [0.1, 0.15) is 165 Å². The van der Waals surface area contributed by atoms with Crippen LogP contribution in [0, 0.1) is 102 Å². The van der Waals surface area contributed by atoms with Gasteiger partial charge >= 0.3 is 35.8 Å². The molecule has 8 rings (SSSR count). The second-order valence-electron chi connectivity index (χ2n) is 34.1. The summed E-state index contributed by atoms with van der Waals surface area (Å²) < 4.78 is 43.4. The van der Waals surface area contributed by atoms with Gasteiger partial charge < -0.3 is 89.3 Å². The number of benzene rings is 2. The summed E-state index contributed by atoms with van der Waals surface area (Å²) in [5.74, 6) is -20.0. The largest absolute Gasteiger partial charge is 0.463 e. The minimum Gasteiger partial charge on any atom is -0.463 e. The number of aliphatic hydroxyl groups excluding tert-OH is 1. The van der Waals surface area contributed by atoms with Gasteiger partial charge in [0.15, 0.2) is 47.5 Å². The molecule has 17 unspecified atom stereocenters. The highest BCUT2D eigenvalue weighted by Crippen LogP contribution is 2.40. The number of nitrogens with two attached hydrogens (primary N) is 1. The lowest BCUT2D eigenvalue weighted by Gasteiger charge is -2.42. The predicted molar refractivity (Wildman–Crippen MR) is 445 cm³/mol. The molecule has 2 saturated carbocycles. The van der Waals surface area contributed by atoms with E-state index in [9.17, 15) is 117 Å². The lowest BCUT2D eigenvalue weighted by atomic mass is 9.83. The Kier molecular flexibility index (Phi) is 36.3. The average molecular weight is 1840 g/mol. The molecule has 3 aliphatic carbocycles. The van der Waals surface area contributed by atoms with Gasteiger partial charge in [-0.1, -0.05) is 74.3 Å². The lowest BCUT2D eigenvalue weighted by molar-refractivity contribution is -0.479. The van der Waals surface area contributed by atoms with Crippen molar-refractivity contribution < 1.29 is 139 Å². The number of ether oxygens (including phenoxy) is 7. The minimum absolute atomic E-state index is 0.0668. The van der Waals surface area contributed by atoms with Crippen LogP contribution in [0.4, 0.5) is 5.69 Å². The van der Waals surface area contributed by atoms with Crippen molar-refractivity contribution in [2.24, 2.45) is 47.3 Å². The highest BCUT2D eigenvalue weighted by molar-refractivity contribution is 6.11. The molecule has 4 heterocycles. The number of aromatic nitrogens is 1. The number of Topliss-reactive ketones (excluding diaryl/α,β-unsaturated/α-hetero) is 2. The first-order chi connectivity index (χ1) is 60.8. The molecule has 0 aromatic heterocycles. The molecule has 130 heavy (non-hydrogen) atoms. The molecule has 0 radical (unpaired) electrons. The number of nitrogen functional groups attached to an aromatic ring is 1. The number of hydrogen-bond donors (Lipinski definition) is 6. The maximum absolute atomic E-state index is 15.2. The van der Waals surface area contributed by atoms with Crippen molar-refractivity contribution in [3.05, 3.63) is 85.1 Å². The van der Waals surface area contributed by atoms with Crippen LogP contribution in [0.15, 0.2) is 21.3 Å². The second-order valence-corrected chi connectivity index (χ2v) is 34.1. The Bertz CT molecular complexity index is 4900. The fraction of sp³-hybridized carbons (Fsp3) is 0.659. The highest BCUT2D eigenvalue weighted by atomic mass is 16.7. The molecule has 0 spiro atoms.